The SMILES string of the molecule is Cc1ccc(F)c(CNc2ccc(O)c(F)c2)c1. The van der Waals surface area contributed by atoms with E-state index in [-0.39, 0.29) is 12.4 Å². The van der Waals surface area contributed by atoms with Gasteiger partial charge in [-0.2, -0.15) is 0 Å². The Morgan fingerprint density at radius 1 is 1.06 bits per heavy atom. The molecule has 18 heavy (non-hydrogen) atoms. The van der Waals surface area contributed by atoms with Crippen LogP contribution in [0.2, 0.25) is 0 Å². The summed E-state index contributed by atoms with van der Waals surface area (Å²) in [5.74, 6) is -1.40. The molecule has 2 N–H and O–H groups in total. The summed E-state index contributed by atoms with van der Waals surface area (Å²) in [5.41, 5.74) is 1.97. The van der Waals surface area contributed by atoms with Crippen LogP contribution in [0.15, 0.2) is 36.4 Å². The Bertz CT molecular complexity index is 570. The third kappa shape index (κ3) is 2.77. The Morgan fingerprint density at radius 3 is 2.56 bits per heavy atom. The zero-order valence-corrected chi connectivity index (χ0v) is 9.87. The average molecular weight is 249 g/mol. The monoisotopic (exact) mass is 249 g/mol. The van der Waals surface area contributed by atoms with E-state index in [4.69, 9.17) is 5.11 Å². The van der Waals surface area contributed by atoms with E-state index in [0.29, 0.717) is 11.3 Å². The predicted molar refractivity (Wildman–Crippen MR) is 66.5 cm³/mol. The van der Waals surface area contributed by atoms with Crippen molar-refractivity contribution in [3.8, 4) is 5.75 Å². The van der Waals surface area contributed by atoms with Crippen LogP contribution in [0, 0.1) is 18.6 Å². The van der Waals surface area contributed by atoms with E-state index >= 15 is 0 Å². The maximum atomic E-state index is 13.5. The minimum Gasteiger partial charge on any atom is -0.505 e. The van der Waals surface area contributed by atoms with Crippen molar-refractivity contribution >= 4 is 5.69 Å². The van der Waals surface area contributed by atoms with Gasteiger partial charge in [0.2, 0.25) is 0 Å². The first-order valence-electron chi connectivity index (χ1n) is 5.53. The first-order valence-corrected chi connectivity index (χ1v) is 5.53. The number of rotatable bonds is 3. The average Bonchev–Trinajstić information content (AvgIpc) is 2.34. The molecule has 0 amide bonds. The van der Waals surface area contributed by atoms with E-state index in [1.54, 1.807) is 12.1 Å². The van der Waals surface area contributed by atoms with Crippen LogP contribution >= 0.6 is 0 Å². The van der Waals surface area contributed by atoms with Crippen molar-refractivity contribution in [1.29, 1.82) is 0 Å². The molecule has 2 rings (SSSR count). The van der Waals surface area contributed by atoms with Crippen molar-refractivity contribution in [2.45, 2.75) is 13.5 Å². The second kappa shape index (κ2) is 5.04. The maximum absolute atomic E-state index is 13.5. The molecule has 0 heterocycles. The molecule has 0 saturated heterocycles. The minimum absolute atomic E-state index is 0.262. The highest BCUT2D eigenvalue weighted by Crippen LogP contribution is 2.20. The number of hydrogen-bond acceptors (Lipinski definition) is 2. The van der Waals surface area contributed by atoms with Gasteiger partial charge >= 0.3 is 0 Å². The molecule has 0 unspecified atom stereocenters. The molecule has 2 aromatic carbocycles. The van der Waals surface area contributed by atoms with Crippen molar-refractivity contribution in [1.82, 2.24) is 0 Å². The standard InChI is InChI=1S/C14H13F2NO/c1-9-2-4-12(15)10(6-9)8-17-11-3-5-14(18)13(16)7-11/h2-7,17-18H,8H2,1H3. The van der Waals surface area contributed by atoms with Crippen LogP contribution in [0.3, 0.4) is 0 Å². The van der Waals surface area contributed by atoms with Gasteiger partial charge in [-0.3, -0.25) is 0 Å². The smallest absolute Gasteiger partial charge is 0.166 e. The molecule has 94 valence electrons. The molecule has 4 heteroatoms. The zero-order chi connectivity index (χ0) is 13.1. The molecule has 2 nitrogen and oxygen atoms in total. The van der Waals surface area contributed by atoms with Crippen LogP contribution in [0.1, 0.15) is 11.1 Å². The summed E-state index contributed by atoms with van der Waals surface area (Å²) < 4.78 is 26.5. The number of halogens is 2. The number of benzene rings is 2. The van der Waals surface area contributed by atoms with Gasteiger partial charge < -0.3 is 10.4 Å². The van der Waals surface area contributed by atoms with E-state index < -0.39 is 11.6 Å². The molecule has 0 aromatic heterocycles. The molecule has 0 aliphatic rings. The van der Waals surface area contributed by atoms with Crippen molar-refractivity contribution in [2.75, 3.05) is 5.32 Å². The summed E-state index contributed by atoms with van der Waals surface area (Å²) in [4.78, 5) is 0. The van der Waals surface area contributed by atoms with Crippen LogP contribution in [-0.2, 0) is 6.54 Å². The molecule has 0 bridgehead atoms. The number of anilines is 1. The number of aromatic hydroxyl groups is 1. The molecule has 2 aromatic rings. The maximum Gasteiger partial charge on any atom is 0.166 e. The summed E-state index contributed by atoms with van der Waals surface area (Å²) in [6.07, 6.45) is 0. The molecular weight excluding hydrogens is 236 g/mol. The van der Waals surface area contributed by atoms with Crippen LogP contribution in [-0.4, -0.2) is 5.11 Å². The first-order chi connectivity index (χ1) is 8.56. The van der Waals surface area contributed by atoms with Gasteiger partial charge in [0.25, 0.3) is 0 Å². The predicted octanol–water partition coefficient (Wildman–Crippen LogP) is 3.59. The van der Waals surface area contributed by atoms with Crippen molar-refractivity contribution in [3.05, 3.63) is 59.2 Å². The lowest BCUT2D eigenvalue weighted by molar-refractivity contribution is 0.432. The van der Waals surface area contributed by atoms with Crippen LogP contribution < -0.4 is 5.32 Å². The number of nitrogens with one attached hydrogen (secondary N) is 1. The van der Waals surface area contributed by atoms with E-state index in [1.165, 1.54) is 24.3 Å². The van der Waals surface area contributed by atoms with Crippen molar-refractivity contribution in [2.24, 2.45) is 0 Å². The number of hydrogen-bond donors (Lipinski definition) is 2. The lowest BCUT2D eigenvalue weighted by atomic mass is 10.1. The second-order valence-electron chi connectivity index (χ2n) is 4.11. The first kappa shape index (κ1) is 12.4. The second-order valence-corrected chi connectivity index (χ2v) is 4.11. The molecule has 0 atom stereocenters. The fourth-order valence-corrected chi connectivity index (χ4v) is 1.65. The number of phenolic OH excluding ortho intramolecular Hbond substituents is 1. The van der Waals surface area contributed by atoms with Gasteiger partial charge in [-0.25, -0.2) is 8.78 Å². The molecule has 0 radical (unpaired) electrons. The largest absolute Gasteiger partial charge is 0.505 e. The Balaban J connectivity index is 2.11. The van der Waals surface area contributed by atoms with Gasteiger partial charge in [-0.1, -0.05) is 17.7 Å². The Labute approximate surface area is 104 Å². The molecule has 0 spiro atoms. The normalized spacial score (nSPS) is 10.4. The highest BCUT2D eigenvalue weighted by Gasteiger charge is 2.04. The fourth-order valence-electron chi connectivity index (χ4n) is 1.65. The lowest BCUT2D eigenvalue weighted by Crippen LogP contribution is -2.02. The van der Waals surface area contributed by atoms with E-state index in [0.717, 1.165) is 5.56 Å². The van der Waals surface area contributed by atoms with Gasteiger partial charge in [0.15, 0.2) is 11.6 Å². The van der Waals surface area contributed by atoms with Crippen LogP contribution in [0.5, 0.6) is 5.75 Å². The lowest BCUT2D eigenvalue weighted by Gasteiger charge is -2.08. The van der Waals surface area contributed by atoms with Gasteiger partial charge in [0, 0.05) is 23.9 Å². The highest BCUT2D eigenvalue weighted by atomic mass is 19.1. The Morgan fingerprint density at radius 2 is 1.83 bits per heavy atom. The number of aryl methyl sites for hydroxylation is 1. The van der Waals surface area contributed by atoms with Crippen molar-refractivity contribution in [3.63, 3.8) is 0 Å². The van der Waals surface area contributed by atoms with Gasteiger partial charge in [-0.05, 0) is 25.1 Å². The topological polar surface area (TPSA) is 32.3 Å². The van der Waals surface area contributed by atoms with E-state index in [2.05, 4.69) is 5.32 Å². The third-order valence-electron chi connectivity index (χ3n) is 2.63. The van der Waals surface area contributed by atoms with E-state index in [1.807, 2.05) is 6.92 Å². The molecule has 0 aliphatic carbocycles. The molecule has 0 aliphatic heterocycles. The molecule has 0 fully saturated rings. The minimum atomic E-state index is -0.704. The summed E-state index contributed by atoms with van der Waals surface area (Å²) in [6.45, 7) is 2.14. The number of phenols is 1. The zero-order valence-electron chi connectivity index (χ0n) is 9.87. The summed E-state index contributed by atoms with van der Waals surface area (Å²) in [7, 11) is 0. The molecule has 0 saturated carbocycles. The van der Waals surface area contributed by atoms with Crippen molar-refractivity contribution < 1.29 is 13.9 Å². The van der Waals surface area contributed by atoms with E-state index in [9.17, 15) is 8.78 Å². The van der Waals surface area contributed by atoms with Gasteiger partial charge in [0.05, 0.1) is 0 Å². The van der Waals surface area contributed by atoms with Crippen LogP contribution in [0.4, 0.5) is 14.5 Å². The van der Waals surface area contributed by atoms with Gasteiger partial charge in [-0.15, -0.1) is 0 Å². The third-order valence-corrected chi connectivity index (χ3v) is 2.63. The van der Waals surface area contributed by atoms with Gasteiger partial charge in [0.1, 0.15) is 5.82 Å². The summed E-state index contributed by atoms with van der Waals surface area (Å²) >= 11 is 0. The quantitative estimate of drug-likeness (QED) is 0.815. The molecular formula is C14H13F2NO. The highest BCUT2D eigenvalue weighted by molar-refractivity contribution is 5.47. The van der Waals surface area contributed by atoms with Crippen LogP contribution in [0.25, 0.3) is 0 Å². The Kier molecular flexibility index (Phi) is 3.46. The summed E-state index contributed by atoms with van der Waals surface area (Å²) in [6, 6.07) is 8.79. The fraction of sp³-hybridized carbons (Fsp3) is 0.143. The summed E-state index contributed by atoms with van der Waals surface area (Å²) in [5, 5.41) is 12.0. The Hall–Kier alpha value is -2.10.